The Morgan fingerprint density at radius 2 is 0.669 bits per heavy atom. The summed E-state index contributed by atoms with van der Waals surface area (Å²) < 4.78 is 8.80. The number of fused-ring (bicyclic) bond motifs is 21. The molecule has 2 heterocycles. The molecule has 2 aromatic heterocycles. The maximum Gasteiger partial charge on any atom is 0.135 e. The van der Waals surface area contributed by atoms with Gasteiger partial charge in [-0.3, -0.25) is 0 Å². The van der Waals surface area contributed by atoms with Crippen molar-refractivity contribution in [1.82, 2.24) is 0 Å². The molecule has 0 fully saturated rings. The smallest absolute Gasteiger partial charge is 0.135 e. The first-order valence-electron chi connectivity index (χ1n) is 47.7. The van der Waals surface area contributed by atoms with Crippen molar-refractivity contribution >= 4 is 172 Å². The number of furan rings is 1. The average molecular weight is 1870 g/mol. The van der Waals surface area contributed by atoms with Crippen molar-refractivity contribution in [3.8, 4) is 77.9 Å². The lowest BCUT2D eigenvalue weighted by molar-refractivity contribution is 0.661. The van der Waals surface area contributed by atoms with Crippen LogP contribution in [0.3, 0.4) is 0 Å². The van der Waals surface area contributed by atoms with Crippen molar-refractivity contribution in [2.75, 3.05) is 14.7 Å². The first-order chi connectivity index (χ1) is 67.7. The van der Waals surface area contributed by atoms with E-state index in [4.69, 9.17) is 39.2 Å². The van der Waals surface area contributed by atoms with Crippen LogP contribution in [0.2, 0.25) is 15.1 Å². The van der Waals surface area contributed by atoms with Gasteiger partial charge in [0.15, 0.2) is 0 Å². The van der Waals surface area contributed by atoms with Gasteiger partial charge in [0.1, 0.15) is 11.2 Å². The maximum atomic E-state index is 7.23. The van der Waals surface area contributed by atoms with E-state index in [9.17, 15) is 0 Å². The quantitative estimate of drug-likeness (QED) is 0.115. The molecule has 0 radical (unpaired) electrons. The van der Waals surface area contributed by atoms with Crippen molar-refractivity contribution in [2.45, 2.75) is 71.6 Å². The molecule has 0 amide bonds. The second-order valence-electron chi connectivity index (χ2n) is 38.7. The van der Waals surface area contributed by atoms with E-state index >= 15 is 0 Å². The molecule has 0 aliphatic heterocycles. The largest absolute Gasteiger partial charge is 0.456 e. The lowest BCUT2D eigenvalue weighted by Crippen LogP contribution is -2.15. The Bertz CT molecular complexity index is 8860. The summed E-state index contributed by atoms with van der Waals surface area (Å²) in [5.41, 5.74) is 38.7. The maximum absolute atomic E-state index is 7.23. The minimum Gasteiger partial charge on any atom is -0.456 e. The molecular weight excluding hydrogens is 1770 g/mol. The number of nitrogens with zero attached hydrogens (tertiary/aromatic N) is 3. The zero-order valence-corrected chi connectivity index (χ0v) is 81.4. The summed E-state index contributed by atoms with van der Waals surface area (Å²) in [6.45, 7) is 18.4. The molecule has 3 aliphatic carbocycles. The molecule has 0 spiro atoms. The van der Waals surface area contributed by atoms with Crippen LogP contribution in [0, 0.1) is 13.8 Å². The third-order valence-electron chi connectivity index (χ3n) is 29.2. The Hall–Kier alpha value is -15.3. The number of rotatable bonds is 13. The van der Waals surface area contributed by atoms with Gasteiger partial charge in [0.05, 0.1) is 5.69 Å². The molecule has 4 nitrogen and oxygen atoms in total. The molecule has 0 bridgehead atoms. The molecule has 139 heavy (non-hydrogen) atoms. The van der Waals surface area contributed by atoms with Crippen LogP contribution in [0.15, 0.2) is 441 Å². The number of anilines is 9. The molecule has 21 aromatic carbocycles. The van der Waals surface area contributed by atoms with Crippen LogP contribution in [0.25, 0.3) is 152 Å². The fourth-order valence-electron chi connectivity index (χ4n) is 22.5. The van der Waals surface area contributed by atoms with E-state index in [1.165, 1.54) is 142 Å². The third-order valence-corrected chi connectivity index (χ3v) is 31.2. The first kappa shape index (κ1) is 86.5. The normalized spacial score (nSPS) is 13.2. The van der Waals surface area contributed by atoms with Crippen LogP contribution in [-0.4, -0.2) is 0 Å². The molecule has 26 rings (SSSR count). The number of hydrogen-bond donors (Lipinski definition) is 0. The van der Waals surface area contributed by atoms with Gasteiger partial charge in [0.2, 0.25) is 0 Å². The summed E-state index contributed by atoms with van der Waals surface area (Å²) in [4.78, 5) is 6.93. The molecular formula is C131H96Cl3N3OS. The number of thiophene rings is 1. The zero-order chi connectivity index (χ0) is 94.3. The highest BCUT2D eigenvalue weighted by Gasteiger charge is 2.41. The van der Waals surface area contributed by atoms with Gasteiger partial charge in [0.25, 0.3) is 0 Å². The van der Waals surface area contributed by atoms with Crippen molar-refractivity contribution in [1.29, 1.82) is 0 Å². The third kappa shape index (κ3) is 15.0. The van der Waals surface area contributed by atoms with Crippen LogP contribution in [0.5, 0.6) is 0 Å². The number of para-hydroxylation sites is 4. The Morgan fingerprint density at radius 1 is 0.237 bits per heavy atom. The molecule has 668 valence electrons. The Labute approximate surface area is 830 Å². The first-order valence-corrected chi connectivity index (χ1v) is 49.7. The summed E-state index contributed by atoms with van der Waals surface area (Å²) >= 11 is 23.0. The highest BCUT2D eigenvalue weighted by atomic mass is 35.5. The standard InChI is InChI=1S/C45H34ClNO.C43H30ClNS.C43H32ClN/c1-27-22-36(43-35-20-18-29-12-8-9-15-33(29)44(35)45(3,4)38(43)23-27)30-24-39(46)28(2)40(25-30)47(31-13-6-5-7-14-31)32-19-21-42-37(26-32)34-16-10-11-17-41(34)48-42;1-43(2)38-19-17-28(24-37(38)42-34-13-7-6-10-27(34)16-20-39(42)43)29-22-30(44)25-33(23-29)45(31-11-4-3-5-12-31)32-18-21-41-36(26-32)35-14-8-9-15-40(35)46-41;1-43(2)40-23-20-32(27-39(40)42-38-16-10-9-13-31(38)19-24-41(42)43)33-25-34(44)28-37(26-33)45(35-14-7-4-8-15-35)36-21-17-30(18-22-36)29-11-5-3-6-12-29/h5-26H,1-4H3;3-26H,1-2H3;3-28H,1-2H3. The van der Waals surface area contributed by atoms with Gasteiger partial charge in [-0.2, -0.15) is 0 Å². The van der Waals surface area contributed by atoms with E-state index in [1.54, 1.807) is 0 Å². The van der Waals surface area contributed by atoms with E-state index in [-0.39, 0.29) is 16.2 Å². The van der Waals surface area contributed by atoms with E-state index in [0.29, 0.717) is 10.0 Å². The van der Waals surface area contributed by atoms with Gasteiger partial charge in [0, 0.05) is 108 Å². The van der Waals surface area contributed by atoms with E-state index in [2.05, 4.69) is 495 Å². The van der Waals surface area contributed by atoms with Crippen LogP contribution >= 0.6 is 46.1 Å². The fraction of sp³-hybridized carbons (Fsp3) is 0.0840. The fourth-order valence-corrected chi connectivity index (χ4v) is 24.2. The van der Waals surface area contributed by atoms with Gasteiger partial charge in [-0.1, -0.05) is 361 Å². The minimum atomic E-state index is -0.150. The highest BCUT2D eigenvalue weighted by molar-refractivity contribution is 7.25. The van der Waals surface area contributed by atoms with Gasteiger partial charge in [-0.15, -0.1) is 11.3 Å². The molecule has 0 saturated carbocycles. The summed E-state index contributed by atoms with van der Waals surface area (Å²) in [5, 5.41) is 14.7. The predicted molar refractivity (Wildman–Crippen MR) is 595 cm³/mol. The van der Waals surface area contributed by atoms with Crippen LogP contribution < -0.4 is 14.7 Å². The summed E-state index contributed by atoms with van der Waals surface area (Å²) in [6.07, 6.45) is 0. The van der Waals surface area contributed by atoms with E-state index < -0.39 is 0 Å². The van der Waals surface area contributed by atoms with E-state index in [0.717, 1.165) is 112 Å². The van der Waals surface area contributed by atoms with Gasteiger partial charge < -0.3 is 19.1 Å². The number of aryl methyl sites for hydroxylation is 1. The Kier molecular flexibility index (Phi) is 21.4. The Balaban J connectivity index is 0.000000113. The summed E-state index contributed by atoms with van der Waals surface area (Å²) in [7, 11) is 0. The molecule has 3 aliphatic rings. The van der Waals surface area contributed by atoms with Gasteiger partial charge in [-0.05, 0) is 321 Å². The number of halogens is 3. The van der Waals surface area contributed by atoms with Crippen LogP contribution in [-0.2, 0) is 16.2 Å². The molecule has 0 saturated heterocycles. The monoisotopic (exact) mass is 1860 g/mol. The Morgan fingerprint density at radius 3 is 1.26 bits per heavy atom. The van der Waals surface area contributed by atoms with Crippen molar-refractivity contribution in [3.05, 3.63) is 496 Å². The molecule has 0 N–H and O–H groups in total. The lowest BCUT2D eigenvalue weighted by atomic mass is 9.79. The van der Waals surface area contributed by atoms with Crippen LogP contribution in [0.4, 0.5) is 51.2 Å². The predicted octanol–water partition coefficient (Wildman–Crippen LogP) is 39.4. The number of benzene rings is 21. The minimum absolute atomic E-state index is 0.0667. The van der Waals surface area contributed by atoms with Crippen molar-refractivity contribution < 1.29 is 4.42 Å². The molecule has 8 heteroatoms. The topological polar surface area (TPSA) is 22.9 Å². The highest BCUT2D eigenvalue weighted by Crippen LogP contribution is 2.59. The van der Waals surface area contributed by atoms with E-state index in [1.807, 2.05) is 23.5 Å². The summed E-state index contributed by atoms with van der Waals surface area (Å²) in [5.74, 6) is 0. The molecule has 0 unspecified atom stereocenters. The van der Waals surface area contributed by atoms with Gasteiger partial charge >= 0.3 is 0 Å². The SMILES string of the molecule is CC1(C)c2ccc(-c3cc(Cl)cc(N(c4ccccc4)c4ccc(-c5ccccc5)cc4)c3)cc2-c2c1ccc1ccccc21.CC1(C)c2ccc(-c3cc(Cl)cc(N(c4ccccc4)c4ccc5sc6ccccc6c5c4)c3)cc2-c2c1ccc1ccccc21.Cc1cc(-c2cc(Cl)c(C)c(N(c3ccccc3)c3ccc4oc5ccccc5c4c3)c2)c2c(c1)C(C)(C)c1c-2ccc2ccccc12. The lowest BCUT2D eigenvalue weighted by Gasteiger charge is -2.28. The molecule has 0 atom stereocenters. The van der Waals surface area contributed by atoms with Crippen molar-refractivity contribution in [2.24, 2.45) is 0 Å². The average Bonchev–Trinajstić information content (AvgIpc) is 1.55. The number of hydrogen-bond acceptors (Lipinski definition) is 5. The second-order valence-corrected chi connectivity index (χ2v) is 41.1. The van der Waals surface area contributed by atoms with Gasteiger partial charge in [-0.25, -0.2) is 0 Å². The second kappa shape index (κ2) is 34.4. The molecule has 23 aromatic rings. The zero-order valence-electron chi connectivity index (χ0n) is 78.4. The summed E-state index contributed by atoms with van der Waals surface area (Å²) in [6, 6.07) is 157. The van der Waals surface area contributed by atoms with Crippen LogP contribution in [0.1, 0.15) is 86.1 Å². The van der Waals surface area contributed by atoms with Crippen molar-refractivity contribution in [3.63, 3.8) is 0 Å².